The summed E-state index contributed by atoms with van der Waals surface area (Å²) in [6, 6.07) is 1.73. The molecule has 0 radical (unpaired) electrons. The van der Waals surface area contributed by atoms with Gasteiger partial charge in [0.1, 0.15) is 0 Å². The van der Waals surface area contributed by atoms with E-state index in [2.05, 4.69) is 5.48 Å². The highest BCUT2D eigenvalue weighted by Gasteiger charge is 2.16. The molecule has 0 fully saturated rings. The fourth-order valence-corrected chi connectivity index (χ4v) is 0.851. The minimum absolute atomic E-state index is 0.286. The SMILES string of the molecule is Cc1ccoc1C(=O)NOC(C)(C)C. The van der Waals surface area contributed by atoms with Gasteiger partial charge in [-0.15, -0.1) is 0 Å². The molecule has 1 heterocycles. The first kappa shape index (κ1) is 10.8. The molecule has 0 aliphatic carbocycles. The van der Waals surface area contributed by atoms with E-state index in [4.69, 9.17) is 9.25 Å². The molecule has 1 amide bonds. The van der Waals surface area contributed by atoms with E-state index in [9.17, 15) is 4.79 Å². The highest BCUT2D eigenvalue weighted by molar-refractivity contribution is 5.91. The summed E-state index contributed by atoms with van der Waals surface area (Å²) in [5.74, 6) is -0.0725. The Balaban J connectivity index is 2.56. The Morgan fingerprint density at radius 2 is 2.14 bits per heavy atom. The van der Waals surface area contributed by atoms with E-state index in [1.807, 2.05) is 20.8 Å². The third-order valence-electron chi connectivity index (χ3n) is 1.52. The van der Waals surface area contributed by atoms with E-state index < -0.39 is 5.60 Å². The number of rotatable bonds is 2. The largest absolute Gasteiger partial charge is 0.459 e. The third kappa shape index (κ3) is 2.88. The molecular formula is C10H15NO3. The molecule has 0 aliphatic rings. The van der Waals surface area contributed by atoms with Gasteiger partial charge in [0, 0.05) is 5.56 Å². The fraction of sp³-hybridized carbons (Fsp3) is 0.500. The lowest BCUT2D eigenvalue weighted by Crippen LogP contribution is -2.33. The van der Waals surface area contributed by atoms with Gasteiger partial charge in [-0.3, -0.25) is 9.63 Å². The minimum Gasteiger partial charge on any atom is -0.459 e. The van der Waals surface area contributed by atoms with Crippen molar-refractivity contribution >= 4 is 5.91 Å². The summed E-state index contributed by atoms with van der Waals surface area (Å²) in [6.07, 6.45) is 1.47. The van der Waals surface area contributed by atoms with Crippen molar-refractivity contribution < 1.29 is 14.0 Å². The number of carbonyl (C=O) groups is 1. The van der Waals surface area contributed by atoms with Crippen molar-refractivity contribution in [1.29, 1.82) is 0 Å². The van der Waals surface area contributed by atoms with Gasteiger partial charge in [0.05, 0.1) is 11.9 Å². The molecule has 0 spiro atoms. The van der Waals surface area contributed by atoms with Crippen molar-refractivity contribution in [3.05, 3.63) is 23.7 Å². The summed E-state index contributed by atoms with van der Waals surface area (Å²) in [6.45, 7) is 7.35. The second-order valence-corrected chi connectivity index (χ2v) is 4.08. The lowest BCUT2D eigenvalue weighted by Gasteiger charge is -2.18. The number of nitrogens with one attached hydrogen (secondary N) is 1. The van der Waals surface area contributed by atoms with E-state index in [1.54, 1.807) is 13.0 Å². The van der Waals surface area contributed by atoms with Crippen LogP contribution in [0.2, 0.25) is 0 Å². The van der Waals surface area contributed by atoms with E-state index in [1.165, 1.54) is 6.26 Å². The maximum absolute atomic E-state index is 11.4. The number of hydroxylamine groups is 1. The van der Waals surface area contributed by atoms with Gasteiger partial charge in [-0.25, -0.2) is 5.48 Å². The third-order valence-corrected chi connectivity index (χ3v) is 1.52. The lowest BCUT2D eigenvalue weighted by molar-refractivity contribution is -0.0598. The van der Waals surface area contributed by atoms with Crippen molar-refractivity contribution in [1.82, 2.24) is 5.48 Å². The van der Waals surface area contributed by atoms with Crippen molar-refractivity contribution in [3.63, 3.8) is 0 Å². The van der Waals surface area contributed by atoms with E-state index in [0.717, 1.165) is 5.56 Å². The number of furan rings is 1. The number of hydrogen-bond acceptors (Lipinski definition) is 3. The molecule has 0 saturated heterocycles. The molecule has 1 aromatic heterocycles. The maximum atomic E-state index is 11.4. The fourth-order valence-electron chi connectivity index (χ4n) is 0.851. The summed E-state index contributed by atoms with van der Waals surface area (Å²) in [7, 11) is 0. The first-order chi connectivity index (χ1) is 6.40. The van der Waals surface area contributed by atoms with Crippen LogP contribution in [0, 0.1) is 6.92 Å². The molecule has 78 valence electrons. The Morgan fingerprint density at radius 3 is 2.57 bits per heavy atom. The highest BCUT2D eigenvalue weighted by atomic mass is 16.7. The van der Waals surface area contributed by atoms with Crippen LogP contribution in [0.5, 0.6) is 0 Å². The molecule has 0 aliphatic heterocycles. The Kier molecular flexibility index (Phi) is 2.96. The zero-order chi connectivity index (χ0) is 10.8. The molecule has 1 N–H and O–H groups in total. The number of amides is 1. The summed E-state index contributed by atoms with van der Waals surface area (Å²) in [5, 5.41) is 0. The van der Waals surface area contributed by atoms with Crippen LogP contribution in [0.25, 0.3) is 0 Å². The van der Waals surface area contributed by atoms with Crippen molar-refractivity contribution in [2.24, 2.45) is 0 Å². The van der Waals surface area contributed by atoms with Crippen molar-refractivity contribution in [2.45, 2.75) is 33.3 Å². The first-order valence-corrected chi connectivity index (χ1v) is 4.42. The average Bonchev–Trinajstić information content (AvgIpc) is 2.46. The minimum atomic E-state index is -0.407. The van der Waals surface area contributed by atoms with Crippen molar-refractivity contribution in [2.75, 3.05) is 0 Å². The molecule has 1 rings (SSSR count). The molecule has 0 unspecified atom stereocenters. The Morgan fingerprint density at radius 1 is 1.50 bits per heavy atom. The van der Waals surface area contributed by atoms with Gasteiger partial charge in [-0.2, -0.15) is 0 Å². The molecule has 0 atom stereocenters. The molecule has 4 heteroatoms. The molecule has 0 bridgehead atoms. The van der Waals surface area contributed by atoms with Gasteiger partial charge < -0.3 is 4.42 Å². The van der Waals surface area contributed by atoms with Crippen LogP contribution in [0.15, 0.2) is 16.7 Å². The van der Waals surface area contributed by atoms with Gasteiger partial charge in [0.2, 0.25) is 0 Å². The van der Waals surface area contributed by atoms with Gasteiger partial charge in [-0.05, 0) is 33.8 Å². The summed E-state index contributed by atoms with van der Waals surface area (Å²) >= 11 is 0. The topological polar surface area (TPSA) is 51.5 Å². The van der Waals surface area contributed by atoms with E-state index in [-0.39, 0.29) is 11.7 Å². The molecule has 1 aromatic rings. The summed E-state index contributed by atoms with van der Waals surface area (Å²) < 4.78 is 5.00. The molecule has 0 aromatic carbocycles. The normalized spacial score (nSPS) is 11.4. The highest BCUT2D eigenvalue weighted by Crippen LogP contribution is 2.09. The standard InChI is InChI=1S/C10H15NO3/c1-7-5-6-13-8(7)9(12)11-14-10(2,3)4/h5-6H,1-4H3,(H,11,12). The van der Waals surface area contributed by atoms with Crippen LogP contribution in [-0.2, 0) is 4.84 Å². The Bertz CT molecular complexity index is 322. The van der Waals surface area contributed by atoms with Crippen molar-refractivity contribution in [3.8, 4) is 0 Å². The first-order valence-electron chi connectivity index (χ1n) is 4.42. The second kappa shape index (κ2) is 3.84. The van der Waals surface area contributed by atoms with E-state index >= 15 is 0 Å². The van der Waals surface area contributed by atoms with Gasteiger partial charge >= 0.3 is 5.91 Å². The predicted molar refractivity (Wildman–Crippen MR) is 51.7 cm³/mol. The number of carbonyl (C=O) groups excluding carboxylic acids is 1. The zero-order valence-electron chi connectivity index (χ0n) is 8.88. The van der Waals surface area contributed by atoms with Crippen LogP contribution < -0.4 is 5.48 Å². The van der Waals surface area contributed by atoms with Gasteiger partial charge in [-0.1, -0.05) is 0 Å². The number of aryl methyl sites for hydroxylation is 1. The van der Waals surface area contributed by atoms with Crippen LogP contribution in [-0.4, -0.2) is 11.5 Å². The summed E-state index contributed by atoms with van der Waals surface area (Å²) in [5.41, 5.74) is 2.72. The van der Waals surface area contributed by atoms with Crippen LogP contribution in [0.1, 0.15) is 36.9 Å². The quantitative estimate of drug-likeness (QED) is 0.738. The maximum Gasteiger partial charge on any atom is 0.310 e. The van der Waals surface area contributed by atoms with Crippen LogP contribution in [0.4, 0.5) is 0 Å². The monoisotopic (exact) mass is 197 g/mol. The zero-order valence-corrected chi connectivity index (χ0v) is 8.88. The molecule has 4 nitrogen and oxygen atoms in total. The van der Waals surface area contributed by atoms with Crippen LogP contribution >= 0.6 is 0 Å². The lowest BCUT2D eigenvalue weighted by atomic mass is 10.2. The average molecular weight is 197 g/mol. The predicted octanol–water partition coefficient (Wildman–Crippen LogP) is 2.05. The van der Waals surface area contributed by atoms with Gasteiger partial charge in [0.25, 0.3) is 0 Å². The molecule has 14 heavy (non-hydrogen) atoms. The molecule has 0 saturated carbocycles. The Labute approximate surface area is 83.2 Å². The molecular weight excluding hydrogens is 182 g/mol. The van der Waals surface area contributed by atoms with E-state index in [0.29, 0.717) is 0 Å². The smallest absolute Gasteiger partial charge is 0.310 e. The second-order valence-electron chi connectivity index (χ2n) is 4.08. The summed E-state index contributed by atoms with van der Waals surface area (Å²) in [4.78, 5) is 16.6. The Hall–Kier alpha value is -1.29. The van der Waals surface area contributed by atoms with Crippen LogP contribution in [0.3, 0.4) is 0 Å². The van der Waals surface area contributed by atoms with Gasteiger partial charge in [0.15, 0.2) is 5.76 Å². The number of hydrogen-bond donors (Lipinski definition) is 1.